The van der Waals surface area contributed by atoms with Gasteiger partial charge in [-0.2, -0.15) is 11.8 Å². The first kappa shape index (κ1) is 20.4. The molecule has 0 amide bonds. The number of aliphatic imine (C=N–C) groups is 1. The van der Waals surface area contributed by atoms with Gasteiger partial charge in [-0.05, 0) is 25.3 Å². The molecule has 0 aliphatic rings. The number of benzene rings is 1. The van der Waals surface area contributed by atoms with Gasteiger partial charge in [0.05, 0.1) is 13.1 Å². The van der Waals surface area contributed by atoms with Crippen molar-refractivity contribution in [2.75, 3.05) is 32.5 Å². The summed E-state index contributed by atoms with van der Waals surface area (Å²) in [5, 5.41) is 7.04. The topological polar surface area (TPSA) is 45.7 Å². The quantitative estimate of drug-likeness (QED) is 0.292. The lowest BCUT2D eigenvalue weighted by atomic mass is 10.3. The second-order valence-electron chi connectivity index (χ2n) is 4.35. The Balaban J connectivity index is 0.00000400. The van der Waals surface area contributed by atoms with Crippen LogP contribution in [0.25, 0.3) is 0 Å². The summed E-state index contributed by atoms with van der Waals surface area (Å²) >= 11 is 1.82. The summed E-state index contributed by atoms with van der Waals surface area (Å²) in [6, 6.07) is 9.84. The molecule has 1 atom stereocenters. The van der Waals surface area contributed by atoms with Crippen LogP contribution in [-0.4, -0.2) is 43.7 Å². The predicted octanol–water partition coefficient (Wildman–Crippen LogP) is 2.99. The minimum atomic E-state index is 0. The normalized spacial score (nSPS) is 12.2. The molecule has 0 radical (unpaired) electrons. The lowest BCUT2D eigenvalue weighted by Crippen LogP contribution is -2.39. The van der Waals surface area contributed by atoms with Gasteiger partial charge in [0.2, 0.25) is 0 Å². The molecule has 1 aromatic carbocycles. The molecule has 0 aliphatic carbocycles. The fraction of sp³-hybridized carbons (Fsp3) is 0.533. The number of nitrogens with zero attached hydrogens (tertiary/aromatic N) is 1. The highest BCUT2D eigenvalue weighted by atomic mass is 127. The van der Waals surface area contributed by atoms with Gasteiger partial charge in [0, 0.05) is 11.8 Å². The van der Waals surface area contributed by atoms with Crippen molar-refractivity contribution >= 4 is 41.7 Å². The number of nitrogens with one attached hydrogen (secondary N) is 2. The predicted molar refractivity (Wildman–Crippen MR) is 104 cm³/mol. The van der Waals surface area contributed by atoms with Gasteiger partial charge >= 0.3 is 0 Å². The first-order valence-electron chi connectivity index (χ1n) is 6.99. The molecule has 4 nitrogen and oxygen atoms in total. The molecule has 0 saturated carbocycles. The molecule has 1 aromatic rings. The third-order valence-electron chi connectivity index (χ3n) is 2.66. The molecule has 0 fully saturated rings. The largest absolute Gasteiger partial charge is 0.492 e. The Labute approximate surface area is 149 Å². The van der Waals surface area contributed by atoms with E-state index < -0.39 is 0 Å². The molecule has 0 heterocycles. The van der Waals surface area contributed by atoms with Crippen LogP contribution in [0.5, 0.6) is 5.75 Å². The summed E-state index contributed by atoms with van der Waals surface area (Å²) in [6.07, 6.45) is 2.11. The third kappa shape index (κ3) is 9.84. The zero-order valence-corrected chi connectivity index (χ0v) is 16.1. The maximum absolute atomic E-state index is 5.63. The second-order valence-corrected chi connectivity index (χ2v) is 5.63. The summed E-state index contributed by atoms with van der Waals surface area (Å²) in [6.45, 7) is 7.27. The molecule has 2 N–H and O–H groups in total. The van der Waals surface area contributed by atoms with Crippen LogP contribution in [0.3, 0.4) is 0 Å². The van der Waals surface area contributed by atoms with Gasteiger partial charge in [-0.1, -0.05) is 25.1 Å². The molecule has 1 rings (SSSR count). The Morgan fingerprint density at radius 2 is 2.00 bits per heavy atom. The highest BCUT2D eigenvalue weighted by molar-refractivity contribution is 14.0. The number of para-hydroxylation sites is 1. The molecular formula is C15H26IN3OS. The van der Waals surface area contributed by atoms with E-state index in [4.69, 9.17) is 4.74 Å². The van der Waals surface area contributed by atoms with Gasteiger partial charge in [-0.15, -0.1) is 24.0 Å². The second kappa shape index (κ2) is 13.1. The molecule has 0 aliphatic heterocycles. The lowest BCUT2D eigenvalue weighted by Gasteiger charge is -2.13. The van der Waals surface area contributed by atoms with E-state index >= 15 is 0 Å². The molecule has 6 heteroatoms. The molecule has 0 saturated heterocycles. The van der Waals surface area contributed by atoms with Crippen molar-refractivity contribution in [3.8, 4) is 5.75 Å². The highest BCUT2D eigenvalue weighted by Crippen LogP contribution is 2.07. The van der Waals surface area contributed by atoms with E-state index in [0.717, 1.165) is 31.3 Å². The number of hydrogen-bond acceptors (Lipinski definition) is 3. The van der Waals surface area contributed by atoms with Crippen molar-refractivity contribution in [2.45, 2.75) is 19.1 Å². The van der Waals surface area contributed by atoms with Crippen LogP contribution >= 0.6 is 35.7 Å². The van der Waals surface area contributed by atoms with Crippen molar-refractivity contribution in [2.24, 2.45) is 4.99 Å². The third-order valence-corrected chi connectivity index (χ3v) is 3.61. The van der Waals surface area contributed by atoms with Gasteiger partial charge in [0.15, 0.2) is 5.96 Å². The van der Waals surface area contributed by atoms with Gasteiger partial charge in [0.1, 0.15) is 12.4 Å². The summed E-state index contributed by atoms with van der Waals surface area (Å²) < 4.78 is 5.63. The van der Waals surface area contributed by atoms with E-state index in [2.05, 4.69) is 35.7 Å². The Morgan fingerprint density at radius 1 is 1.29 bits per heavy atom. The van der Waals surface area contributed by atoms with E-state index in [1.165, 1.54) is 0 Å². The standard InChI is InChI=1S/C15H25N3OS.HI/c1-4-16-15(18-12-13(2)20-3)17-10-11-19-14-8-6-5-7-9-14;/h5-9,13H,4,10-12H2,1-3H3,(H2,16,17,18);1H. The lowest BCUT2D eigenvalue weighted by molar-refractivity contribution is 0.322. The molecular weight excluding hydrogens is 397 g/mol. The number of rotatable bonds is 8. The average Bonchev–Trinajstić information content (AvgIpc) is 2.49. The van der Waals surface area contributed by atoms with E-state index in [1.54, 1.807) is 0 Å². The Morgan fingerprint density at radius 3 is 2.62 bits per heavy atom. The number of hydrogen-bond donors (Lipinski definition) is 2. The van der Waals surface area contributed by atoms with Crippen LogP contribution in [0.2, 0.25) is 0 Å². The van der Waals surface area contributed by atoms with Crippen molar-refractivity contribution in [1.29, 1.82) is 0 Å². The van der Waals surface area contributed by atoms with Crippen molar-refractivity contribution < 1.29 is 4.74 Å². The summed E-state index contributed by atoms with van der Waals surface area (Å²) in [7, 11) is 0. The van der Waals surface area contributed by atoms with E-state index in [1.807, 2.05) is 42.1 Å². The molecule has 21 heavy (non-hydrogen) atoms. The SMILES string of the molecule is CCNC(=NCC(C)SC)NCCOc1ccccc1.I. The molecule has 0 aromatic heterocycles. The molecule has 1 unspecified atom stereocenters. The number of ether oxygens (including phenoxy) is 1. The molecule has 120 valence electrons. The van der Waals surface area contributed by atoms with Gasteiger partial charge < -0.3 is 15.4 Å². The van der Waals surface area contributed by atoms with E-state index in [-0.39, 0.29) is 24.0 Å². The smallest absolute Gasteiger partial charge is 0.191 e. The van der Waals surface area contributed by atoms with Crippen LogP contribution in [0.15, 0.2) is 35.3 Å². The Hall–Kier alpha value is -0.630. The first-order chi connectivity index (χ1) is 9.76. The first-order valence-corrected chi connectivity index (χ1v) is 8.27. The summed E-state index contributed by atoms with van der Waals surface area (Å²) in [5.41, 5.74) is 0. The monoisotopic (exact) mass is 423 g/mol. The highest BCUT2D eigenvalue weighted by Gasteiger charge is 2.00. The maximum atomic E-state index is 5.63. The van der Waals surface area contributed by atoms with Gasteiger partial charge in [0.25, 0.3) is 0 Å². The fourth-order valence-corrected chi connectivity index (χ4v) is 1.71. The minimum absolute atomic E-state index is 0. The van der Waals surface area contributed by atoms with Crippen LogP contribution < -0.4 is 15.4 Å². The van der Waals surface area contributed by atoms with Crippen LogP contribution in [-0.2, 0) is 0 Å². The molecule has 0 spiro atoms. The van der Waals surface area contributed by atoms with Crippen molar-refractivity contribution in [1.82, 2.24) is 10.6 Å². The van der Waals surface area contributed by atoms with Gasteiger partial charge in [-0.25, -0.2) is 0 Å². The van der Waals surface area contributed by atoms with Crippen molar-refractivity contribution in [3.63, 3.8) is 0 Å². The minimum Gasteiger partial charge on any atom is -0.492 e. The van der Waals surface area contributed by atoms with Crippen molar-refractivity contribution in [3.05, 3.63) is 30.3 Å². The van der Waals surface area contributed by atoms with Crippen LogP contribution in [0, 0.1) is 0 Å². The zero-order chi connectivity index (χ0) is 14.6. The average molecular weight is 423 g/mol. The number of halogens is 1. The fourth-order valence-electron chi connectivity index (χ4n) is 1.49. The zero-order valence-electron chi connectivity index (χ0n) is 13.0. The van der Waals surface area contributed by atoms with E-state index in [9.17, 15) is 0 Å². The summed E-state index contributed by atoms with van der Waals surface area (Å²) in [4.78, 5) is 4.55. The number of thioether (sulfide) groups is 1. The van der Waals surface area contributed by atoms with E-state index in [0.29, 0.717) is 11.9 Å². The Bertz CT molecular complexity index is 390. The van der Waals surface area contributed by atoms with Crippen LogP contribution in [0.4, 0.5) is 0 Å². The maximum Gasteiger partial charge on any atom is 0.191 e. The summed E-state index contributed by atoms with van der Waals surface area (Å²) in [5.74, 6) is 1.75. The molecule has 0 bridgehead atoms. The van der Waals surface area contributed by atoms with Gasteiger partial charge in [-0.3, -0.25) is 4.99 Å². The number of guanidine groups is 1. The van der Waals surface area contributed by atoms with Crippen LogP contribution in [0.1, 0.15) is 13.8 Å². The Kier molecular flexibility index (Phi) is 12.7.